The van der Waals surface area contributed by atoms with Crippen LogP contribution in [-0.4, -0.2) is 71.4 Å². The predicted octanol–water partition coefficient (Wildman–Crippen LogP) is 8.79. The highest BCUT2D eigenvalue weighted by Crippen LogP contribution is 2.30. The van der Waals surface area contributed by atoms with E-state index >= 15 is 0 Å². The summed E-state index contributed by atoms with van der Waals surface area (Å²) in [6.45, 7) is 1.47. The lowest BCUT2D eigenvalue weighted by molar-refractivity contribution is 0.0595. The van der Waals surface area contributed by atoms with Crippen molar-refractivity contribution in [2.45, 2.75) is 39.3 Å². The minimum Gasteiger partial charge on any atom is -0.493 e. The molecule has 0 radical (unpaired) electrons. The molecule has 0 bridgehead atoms. The van der Waals surface area contributed by atoms with Gasteiger partial charge in [-0.2, -0.15) is 10.4 Å². The zero-order chi connectivity index (χ0) is 47.9. The molecule has 0 saturated carbocycles. The summed E-state index contributed by atoms with van der Waals surface area (Å²) in [5.74, 6) is 3.93. The lowest BCUT2D eigenvalue weighted by Crippen LogP contribution is -2.07. The van der Waals surface area contributed by atoms with Crippen LogP contribution in [0.2, 0.25) is 0 Å². The first kappa shape index (κ1) is 45.9. The van der Waals surface area contributed by atoms with Crippen LogP contribution in [0.1, 0.15) is 55.6 Å². The third kappa shape index (κ3) is 12.2. The van der Waals surface area contributed by atoms with Crippen LogP contribution in [0.5, 0.6) is 28.7 Å². The van der Waals surface area contributed by atoms with Gasteiger partial charge >= 0.3 is 5.97 Å². The van der Waals surface area contributed by atoms with Crippen LogP contribution in [0.3, 0.4) is 0 Å². The highest BCUT2D eigenvalue weighted by Gasteiger charge is 2.16. The Balaban J connectivity index is 0.000000174. The van der Waals surface area contributed by atoms with E-state index < -0.39 is 5.97 Å². The maximum atomic E-state index is 12.3. The van der Waals surface area contributed by atoms with Crippen molar-refractivity contribution in [3.05, 3.63) is 209 Å². The fourth-order valence-electron chi connectivity index (χ4n) is 7.28. The molecule has 10 rings (SSSR count). The van der Waals surface area contributed by atoms with E-state index in [4.69, 9.17) is 28.4 Å². The van der Waals surface area contributed by atoms with Gasteiger partial charge < -0.3 is 28.4 Å². The van der Waals surface area contributed by atoms with E-state index in [1.54, 1.807) is 19.2 Å². The first-order chi connectivity index (χ1) is 34.4. The van der Waals surface area contributed by atoms with Crippen molar-refractivity contribution in [2.24, 2.45) is 0 Å². The van der Waals surface area contributed by atoms with E-state index in [1.807, 2.05) is 140 Å². The average Bonchev–Trinajstić information content (AvgIpc) is 4.14. The summed E-state index contributed by atoms with van der Waals surface area (Å²) in [5.41, 5.74) is 7.79. The summed E-state index contributed by atoms with van der Waals surface area (Å²) < 4.78 is 34.2. The highest BCUT2D eigenvalue weighted by atomic mass is 16.5. The number of H-pyrrole nitrogens is 2. The highest BCUT2D eigenvalue weighted by molar-refractivity contribution is 5.92. The number of carbonyl (C=O) groups excluding carboxylic acids is 1. The van der Waals surface area contributed by atoms with Gasteiger partial charge in [-0.05, 0) is 95.1 Å². The van der Waals surface area contributed by atoms with Crippen molar-refractivity contribution in [2.75, 3.05) is 14.2 Å². The van der Waals surface area contributed by atoms with Crippen molar-refractivity contribution < 1.29 is 33.2 Å². The minimum atomic E-state index is -0.481. The maximum absolute atomic E-state index is 12.3. The van der Waals surface area contributed by atoms with Gasteiger partial charge in [-0.25, -0.2) is 14.8 Å². The van der Waals surface area contributed by atoms with Crippen LogP contribution >= 0.6 is 0 Å². The van der Waals surface area contributed by atoms with Crippen LogP contribution in [0.4, 0.5) is 0 Å². The van der Waals surface area contributed by atoms with Gasteiger partial charge in [-0.15, -0.1) is 20.4 Å². The molecule has 10 aromatic rings. The molecule has 17 heteroatoms. The molecule has 0 atom stereocenters. The van der Waals surface area contributed by atoms with Gasteiger partial charge in [0.05, 0.1) is 36.6 Å². The van der Waals surface area contributed by atoms with Crippen LogP contribution in [0.15, 0.2) is 158 Å². The Morgan fingerprint density at radius 3 is 1.46 bits per heavy atom. The Bertz CT molecular complexity index is 3280. The first-order valence-corrected chi connectivity index (χ1v) is 22.2. The number of esters is 1. The molecule has 0 amide bonds. The molecule has 0 unspecified atom stereocenters. The molecule has 0 aliphatic rings. The van der Waals surface area contributed by atoms with Gasteiger partial charge in [-0.3, -0.25) is 0 Å². The van der Waals surface area contributed by atoms with Gasteiger partial charge in [0.2, 0.25) is 0 Å². The number of tetrazole rings is 2. The number of hydrogen-bond acceptors (Lipinski definition) is 15. The molecule has 6 aromatic carbocycles. The molecular weight excluding hydrogens is 889 g/mol. The van der Waals surface area contributed by atoms with E-state index in [9.17, 15) is 4.79 Å². The molecule has 17 nitrogen and oxygen atoms in total. The number of nitrogens with one attached hydrogen (secondary N) is 2. The zero-order valence-corrected chi connectivity index (χ0v) is 38.2. The number of aromatic nitrogens is 10. The van der Waals surface area contributed by atoms with Gasteiger partial charge in [0.15, 0.2) is 23.1 Å². The summed E-state index contributed by atoms with van der Waals surface area (Å²) >= 11 is 0. The third-order valence-corrected chi connectivity index (χ3v) is 10.9. The largest absolute Gasteiger partial charge is 0.493 e. The minimum absolute atomic E-state index is 0.278. The molecule has 0 aliphatic carbocycles. The monoisotopic (exact) mass is 934 g/mol. The van der Waals surface area contributed by atoms with Crippen LogP contribution in [0, 0.1) is 0 Å². The van der Waals surface area contributed by atoms with E-state index in [1.165, 1.54) is 7.11 Å². The summed E-state index contributed by atoms with van der Waals surface area (Å²) in [6, 6.07) is 50.7. The number of nitrogens with zero attached hydrogens (tertiary/aromatic N) is 8. The van der Waals surface area contributed by atoms with Gasteiger partial charge in [0, 0.05) is 23.6 Å². The number of benzene rings is 6. The van der Waals surface area contributed by atoms with Crippen LogP contribution < -0.4 is 23.7 Å². The fourth-order valence-corrected chi connectivity index (χ4v) is 7.28. The number of rotatable bonds is 18. The second kappa shape index (κ2) is 22.5. The molecule has 0 aliphatic heterocycles. The topological polar surface area (TPSA) is 207 Å². The number of pyridine rings is 2. The Kier molecular flexibility index (Phi) is 14.7. The van der Waals surface area contributed by atoms with E-state index in [-0.39, 0.29) is 6.61 Å². The van der Waals surface area contributed by atoms with Crippen molar-refractivity contribution >= 4 is 27.8 Å². The summed E-state index contributed by atoms with van der Waals surface area (Å²) in [7, 11) is 2.96. The number of carbonyl (C=O) groups is 1. The maximum Gasteiger partial charge on any atom is 0.341 e. The SMILES string of the molecule is COC(=O)c1cc(Cc2nn[nH]n2)ccc1OCc1ccc(OCc2ccc3ccccc3n2)cc1.COc1cc(Cc2nn[nH]n2)ccc1OCc1ccc(OCc2ccc3ccccc3n2)cc1. The van der Waals surface area contributed by atoms with E-state index in [2.05, 4.69) is 57.3 Å². The second-order valence-electron chi connectivity index (χ2n) is 15.8. The average molecular weight is 935 g/mol. The smallest absolute Gasteiger partial charge is 0.341 e. The summed E-state index contributed by atoms with van der Waals surface area (Å²) in [6.07, 6.45) is 0.986. The Morgan fingerprint density at radius 2 is 0.957 bits per heavy atom. The summed E-state index contributed by atoms with van der Waals surface area (Å²) in [4.78, 5) is 21.6. The standard InChI is InChI=1S/C27H23N5O4.C26H23N5O3/c1-34-27(33)23-14-19(15-26-29-31-32-30-26)8-13-25(23)36-16-18-6-11-22(12-7-18)35-17-21-10-9-20-4-2-3-5-24(20)28-21;1-32-25-14-19(15-26-28-30-31-29-26)8-13-24(25)34-16-18-6-11-22(12-7-18)33-17-21-10-9-20-4-2-3-5-23(20)27-21/h2-14H,15-17H2,1H3,(H,29,30,31,32);2-14H,15-17H2,1H3,(H,28,29,30,31). The number of methoxy groups -OCH3 is 2. The summed E-state index contributed by atoms with van der Waals surface area (Å²) in [5, 5.41) is 30.1. The number of aromatic amines is 2. The number of para-hydroxylation sites is 2. The molecule has 70 heavy (non-hydrogen) atoms. The lowest BCUT2D eigenvalue weighted by Gasteiger charge is -2.12. The molecule has 0 fully saturated rings. The molecule has 0 saturated heterocycles. The number of fused-ring (bicyclic) bond motifs is 2. The van der Waals surface area contributed by atoms with Gasteiger partial charge in [0.1, 0.15) is 49.2 Å². The predicted molar refractivity (Wildman–Crippen MR) is 258 cm³/mol. The third-order valence-electron chi connectivity index (χ3n) is 10.9. The molecule has 0 spiro atoms. The molecule has 4 aromatic heterocycles. The molecule has 4 heterocycles. The van der Waals surface area contributed by atoms with E-state index in [0.717, 1.165) is 66.9 Å². The lowest BCUT2D eigenvalue weighted by atomic mass is 10.1. The van der Waals surface area contributed by atoms with Crippen LogP contribution in [0.25, 0.3) is 21.8 Å². The molecule has 350 valence electrons. The van der Waals surface area contributed by atoms with Crippen molar-refractivity contribution in [3.8, 4) is 28.7 Å². The van der Waals surface area contributed by atoms with Gasteiger partial charge in [-0.1, -0.05) is 95.4 Å². The van der Waals surface area contributed by atoms with Crippen molar-refractivity contribution in [3.63, 3.8) is 0 Å². The number of ether oxygens (including phenoxy) is 6. The number of hydrogen-bond donors (Lipinski definition) is 2. The normalized spacial score (nSPS) is 10.8. The van der Waals surface area contributed by atoms with Crippen molar-refractivity contribution in [1.82, 2.24) is 51.2 Å². The second-order valence-corrected chi connectivity index (χ2v) is 15.8. The zero-order valence-electron chi connectivity index (χ0n) is 38.2. The van der Waals surface area contributed by atoms with Gasteiger partial charge in [0.25, 0.3) is 0 Å². The Labute approximate surface area is 401 Å². The quantitative estimate of drug-likeness (QED) is 0.0771. The Morgan fingerprint density at radius 1 is 0.471 bits per heavy atom. The van der Waals surface area contributed by atoms with Crippen molar-refractivity contribution in [1.29, 1.82) is 0 Å². The first-order valence-electron chi connectivity index (χ1n) is 22.2. The Hall–Kier alpha value is -9.25. The van der Waals surface area contributed by atoms with Crippen LogP contribution in [-0.2, 0) is 44.0 Å². The molecule has 2 N–H and O–H groups in total. The fraction of sp³-hybridized carbons (Fsp3) is 0.151. The van der Waals surface area contributed by atoms with E-state index in [0.29, 0.717) is 67.1 Å². The molecular formula is C53H46N10O7.